The average molecular weight is 513 g/mol. The van der Waals surface area contributed by atoms with Crippen molar-refractivity contribution in [3.8, 4) is 33.5 Å². The summed E-state index contributed by atoms with van der Waals surface area (Å²) < 4.78 is 0. The van der Waals surface area contributed by atoms with Gasteiger partial charge in [-0.2, -0.15) is 0 Å². The molecule has 2 aromatic carbocycles. The van der Waals surface area contributed by atoms with E-state index < -0.39 is 0 Å². The van der Waals surface area contributed by atoms with Gasteiger partial charge in [-0.15, -0.1) is 0 Å². The molecule has 0 saturated carbocycles. The summed E-state index contributed by atoms with van der Waals surface area (Å²) in [5.41, 5.74) is 13.3. The highest BCUT2D eigenvalue weighted by molar-refractivity contribution is 5.96. The average Bonchev–Trinajstić information content (AvgIpc) is 3.61. The quantitative estimate of drug-likeness (QED) is 0.249. The van der Waals surface area contributed by atoms with Crippen LogP contribution in [0.1, 0.15) is 48.1 Å². The second kappa shape index (κ2) is 10.1. The van der Waals surface area contributed by atoms with E-state index in [0.717, 1.165) is 34.0 Å². The Balaban J connectivity index is 1.17. The number of hydrogen-bond donors (Lipinski definition) is 1. The first-order valence-corrected chi connectivity index (χ1v) is 14.5. The number of rotatable bonds is 4. The molecule has 1 saturated heterocycles. The first kappa shape index (κ1) is 24.3. The SMILES string of the molecule is Cc1ccc(C)c(-c2ccc(-c3c[nH]c4ncc(-c5ccc6c(c5)CCC(N5CCCC5)CC6)cc34)cc2)n1. The third-order valence-electron chi connectivity index (χ3n) is 8.93. The van der Waals surface area contributed by atoms with Crippen LogP contribution in [0.4, 0.5) is 0 Å². The Bertz CT molecular complexity index is 1640. The maximum absolute atomic E-state index is 4.81. The molecule has 4 nitrogen and oxygen atoms in total. The summed E-state index contributed by atoms with van der Waals surface area (Å²) in [7, 11) is 0. The van der Waals surface area contributed by atoms with Gasteiger partial charge in [0, 0.05) is 46.2 Å². The van der Waals surface area contributed by atoms with Crippen LogP contribution in [0, 0.1) is 13.8 Å². The van der Waals surface area contributed by atoms with Gasteiger partial charge in [-0.25, -0.2) is 4.98 Å². The molecule has 39 heavy (non-hydrogen) atoms. The van der Waals surface area contributed by atoms with E-state index in [4.69, 9.17) is 9.97 Å². The number of nitrogens with one attached hydrogen (secondary N) is 1. The second-order valence-electron chi connectivity index (χ2n) is 11.5. The van der Waals surface area contributed by atoms with Gasteiger partial charge in [0.25, 0.3) is 0 Å². The van der Waals surface area contributed by atoms with Gasteiger partial charge in [0.1, 0.15) is 5.65 Å². The maximum atomic E-state index is 4.81. The smallest absolute Gasteiger partial charge is 0.137 e. The number of aryl methyl sites for hydroxylation is 4. The van der Waals surface area contributed by atoms with E-state index in [-0.39, 0.29) is 0 Å². The van der Waals surface area contributed by atoms with Crippen LogP contribution >= 0.6 is 0 Å². The van der Waals surface area contributed by atoms with Crippen LogP contribution in [-0.2, 0) is 12.8 Å². The van der Waals surface area contributed by atoms with E-state index in [1.54, 1.807) is 0 Å². The summed E-state index contributed by atoms with van der Waals surface area (Å²) in [6.45, 7) is 6.75. The Morgan fingerprint density at radius 1 is 0.769 bits per heavy atom. The van der Waals surface area contributed by atoms with Crippen molar-refractivity contribution in [2.75, 3.05) is 13.1 Å². The minimum Gasteiger partial charge on any atom is -0.346 e. The number of hydrogen-bond acceptors (Lipinski definition) is 3. The van der Waals surface area contributed by atoms with E-state index >= 15 is 0 Å². The molecule has 2 aliphatic rings. The van der Waals surface area contributed by atoms with E-state index in [2.05, 4.69) is 83.7 Å². The summed E-state index contributed by atoms with van der Waals surface area (Å²) in [6, 6.07) is 23.1. The summed E-state index contributed by atoms with van der Waals surface area (Å²) in [6.07, 6.45) is 11.8. The van der Waals surface area contributed by atoms with Crippen LogP contribution in [0.3, 0.4) is 0 Å². The zero-order valence-electron chi connectivity index (χ0n) is 23.0. The Hall–Kier alpha value is -3.76. The number of H-pyrrole nitrogens is 1. The molecule has 0 radical (unpaired) electrons. The summed E-state index contributed by atoms with van der Waals surface area (Å²) in [4.78, 5) is 15.7. The van der Waals surface area contributed by atoms with Crippen LogP contribution in [0.5, 0.6) is 0 Å². The fourth-order valence-electron chi connectivity index (χ4n) is 6.67. The summed E-state index contributed by atoms with van der Waals surface area (Å²) in [5, 5.41) is 1.16. The van der Waals surface area contributed by atoms with E-state index in [0.29, 0.717) is 0 Å². The van der Waals surface area contributed by atoms with Crippen molar-refractivity contribution in [3.63, 3.8) is 0 Å². The highest BCUT2D eigenvalue weighted by atomic mass is 15.2. The van der Waals surface area contributed by atoms with Gasteiger partial charge in [0.2, 0.25) is 0 Å². The van der Waals surface area contributed by atoms with Crippen molar-refractivity contribution in [2.45, 2.75) is 58.4 Å². The van der Waals surface area contributed by atoms with Gasteiger partial charge in [0.05, 0.1) is 5.69 Å². The highest BCUT2D eigenvalue weighted by Gasteiger charge is 2.24. The normalized spacial score (nSPS) is 17.8. The largest absolute Gasteiger partial charge is 0.346 e. The number of benzene rings is 2. The van der Waals surface area contributed by atoms with Crippen LogP contribution in [0.25, 0.3) is 44.5 Å². The zero-order chi connectivity index (χ0) is 26.3. The summed E-state index contributed by atoms with van der Waals surface area (Å²) in [5.74, 6) is 0. The van der Waals surface area contributed by atoms with Crippen molar-refractivity contribution in [2.24, 2.45) is 0 Å². The van der Waals surface area contributed by atoms with E-state index in [1.165, 1.54) is 90.6 Å². The maximum Gasteiger partial charge on any atom is 0.137 e. The molecule has 5 aromatic rings. The van der Waals surface area contributed by atoms with Gasteiger partial charge in [-0.3, -0.25) is 4.98 Å². The molecule has 7 rings (SSSR count). The van der Waals surface area contributed by atoms with Crippen molar-refractivity contribution in [1.29, 1.82) is 0 Å². The lowest BCUT2D eigenvalue weighted by Crippen LogP contribution is -2.32. The molecule has 3 aromatic heterocycles. The molecule has 4 heteroatoms. The van der Waals surface area contributed by atoms with Crippen LogP contribution in [-0.4, -0.2) is 39.0 Å². The van der Waals surface area contributed by atoms with Gasteiger partial charge in [-0.05, 0) is 105 Å². The predicted octanol–water partition coefficient (Wildman–Crippen LogP) is 7.92. The first-order chi connectivity index (χ1) is 19.1. The lowest BCUT2D eigenvalue weighted by molar-refractivity contribution is 0.222. The molecule has 196 valence electrons. The molecular formula is C35H36N4. The second-order valence-corrected chi connectivity index (χ2v) is 11.5. The minimum atomic E-state index is 0.751. The lowest BCUT2D eigenvalue weighted by atomic mass is 9.96. The predicted molar refractivity (Wildman–Crippen MR) is 161 cm³/mol. The van der Waals surface area contributed by atoms with Crippen LogP contribution in [0.15, 0.2) is 73.1 Å². The Morgan fingerprint density at radius 2 is 1.51 bits per heavy atom. The van der Waals surface area contributed by atoms with Crippen molar-refractivity contribution >= 4 is 11.0 Å². The fourth-order valence-corrected chi connectivity index (χ4v) is 6.67. The number of nitrogens with zero attached hydrogens (tertiary/aromatic N) is 3. The molecule has 1 fully saturated rings. The van der Waals surface area contributed by atoms with Crippen LogP contribution < -0.4 is 0 Å². The minimum absolute atomic E-state index is 0.751. The third-order valence-corrected chi connectivity index (χ3v) is 8.93. The van der Waals surface area contributed by atoms with Crippen molar-refractivity contribution < 1.29 is 0 Å². The lowest BCUT2D eigenvalue weighted by Gasteiger charge is -2.25. The molecule has 1 unspecified atom stereocenters. The topological polar surface area (TPSA) is 44.8 Å². The number of fused-ring (bicyclic) bond motifs is 2. The molecule has 0 spiro atoms. The molecule has 4 heterocycles. The molecule has 1 N–H and O–H groups in total. The van der Waals surface area contributed by atoms with E-state index in [1.807, 2.05) is 13.1 Å². The number of pyridine rings is 2. The van der Waals surface area contributed by atoms with Crippen molar-refractivity contribution in [1.82, 2.24) is 19.9 Å². The van der Waals surface area contributed by atoms with E-state index in [9.17, 15) is 0 Å². The van der Waals surface area contributed by atoms with Crippen molar-refractivity contribution in [3.05, 3.63) is 95.4 Å². The monoisotopic (exact) mass is 512 g/mol. The first-order valence-electron chi connectivity index (χ1n) is 14.5. The molecule has 0 amide bonds. The number of likely N-dealkylation sites (tertiary alicyclic amines) is 1. The standard InChI is InChI=1S/C35H36N4/c1-23-5-6-24(2)38-34(23)27-10-8-26(9-11-27)33-22-37-35-32(33)20-30(21-36-35)29-12-7-25-13-15-31(16-14-28(25)19-29)39-17-3-4-18-39/h5-12,19-22,31H,3-4,13-18H2,1-2H3,(H,36,37). The van der Waals surface area contributed by atoms with Gasteiger partial charge in [-0.1, -0.05) is 48.5 Å². The molecule has 0 bridgehead atoms. The van der Waals surface area contributed by atoms with Gasteiger partial charge < -0.3 is 9.88 Å². The fraction of sp³-hybridized carbons (Fsp3) is 0.314. The number of aromatic nitrogens is 3. The Labute approximate surface area is 231 Å². The Morgan fingerprint density at radius 3 is 2.33 bits per heavy atom. The third kappa shape index (κ3) is 4.68. The summed E-state index contributed by atoms with van der Waals surface area (Å²) >= 11 is 0. The molecular weight excluding hydrogens is 476 g/mol. The van der Waals surface area contributed by atoms with Gasteiger partial charge >= 0.3 is 0 Å². The molecule has 1 atom stereocenters. The van der Waals surface area contributed by atoms with Crippen LogP contribution in [0.2, 0.25) is 0 Å². The highest BCUT2D eigenvalue weighted by Crippen LogP contribution is 2.34. The van der Waals surface area contributed by atoms with Gasteiger partial charge in [0.15, 0.2) is 0 Å². The molecule has 1 aliphatic carbocycles. The zero-order valence-corrected chi connectivity index (χ0v) is 23.0. The number of aromatic amines is 1. The Kier molecular flexibility index (Phi) is 6.28. The molecule has 1 aliphatic heterocycles.